The van der Waals surface area contributed by atoms with Crippen molar-refractivity contribution in [3.05, 3.63) is 11.6 Å². The van der Waals surface area contributed by atoms with E-state index >= 15 is 0 Å². The van der Waals surface area contributed by atoms with Gasteiger partial charge in [-0.25, -0.2) is 4.79 Å². The zero-order valence-corrected chi connectivity index (χ0v) is 8.74. The SMILES string of the molecule is COC(=O)C1=CC(O)C(C=O)C(N=NN)C1. The first kappa shape index (κ1) is 12.3. The lowest BCUT2D eigenvalue weighted by Crippen LogP contribution is -2.36. The molecule has 0 radical (unpaired) electrons. The van der Waals surface area contributed by atoms with E-state index in [1.54, 1.807) is 0 Å². The number of hydrogen-bond donors (Lipinski definition) is 2. The van der Waals surface area contributed by atoms with Crippen molar-refractivity contribution in [2.24, 2.45) is 22.1 Å². The predicted molar refractivity (Wildman–Crippen MR) is 53.1 cm³/mol. The summed E-state index contributed by atoms with van der Waals surface area (Å²) in [6, 6.07) is -0.628. The number of esters is 1. The molecule has 3 atom stereocenters. The van der Waals surface area contributed by atoms with Crippen LogP contribution in [0.1, 0.15) is 6.42 Å². The monoisotopic (exact) mass is 227 g/mol. The van der Waals surface area contributed by atoms with Gasteiger partial charge in [-0.05, 0) is 6.08 Å². The predicted octanol–water partition coefficient (Wildman–Crippen LogP) is -0.640. The molecule has 0 saturated heterocycles. The van der Waals surface area contributed by atoms with E-state index in [4.69, 9.17) is 5.84 Å². The van der Waals surface area contributed by atoms with Crippen LogP contribution in [0.3, 0.4) is 0 Å². The lowest BCUT2D eigenvalue weighted by Gasteiger charge is -2.26. The van der Waals surface area contributed by atoms with Crippen molar-refractivity contribution < 1.29 is 19.4 Å². The third-order valence-corrected chi connectivity index (χ3v) is 2.46. The van der Waals surface area contributed by atoms with Gasteiger partial charge in [0.2, 0.25) is 0 Å². The molecule has 0 spiro atoms. The summed E-state index contributed by atoms with van der Waals surface area (Å²) >= 11 is 0. The van der Waals surface area contributed by atoms with Gasteiger partial charge in [0.15, 0.2) is 0 Å². The summed E-state index contributed by atoms with van der Waals surface area (Å²) in [5.41, 5.74) is 0.269. The van der Waals surface area contributed by atoms with Crippen molar-refractivity contribution in [2.45, 2.75) is 18.6 Å². The first-order chi connectivity index (χ1) is 7.63. The summed E-state index contributed by atoms with van der Waals surface area (Å²) in [4.78, 5) is 22.0. The summed E-state index contributed by atoms with van der Waals surface area (Å²) in [6.45, 7) is 0. The van der Waals surface area contributed by atoms with Crippen LogP contribution in [-0.4, -0.2) is 36.6 Å². The summed E-state index contributed by atoms with van der Waals surface area (Å²) in [5, 5.41) is 16.3. The zero-order valence-electron chi connectivity index (χ0n) is 8.74. The molecule has 16 heavy (non-hydrogen) atoms. The molecule has 3 unspecified atom stereocenters. The van der Waals surface area contributed by atoms with Crippen LogP contribution in [0.5, 0.6) is 0 Å². The van der Waals surface area contributed by atoms with Crippen molar-refractivity contribution in [1.29, 1.82) is 0 Å². The number of nitrogens with zero attached hydrogens (tertiary/aromatic N) is 2. The van der Waals surface area contributed by atoms with Gasteiger partial charge in [0, 0.05) is 12.0 Å². The quantitative estimate of drug-likeness (QED) is 0.219. The first-order valence-corrected chi connectivity index (χ1v) is 4.66. The van der Waals surface area contributed by atoms with Crippen LogP contribution >= 0.6 is 0 Å². The van der Waals surface area contributed by atoms with E-state index in [1.807, 2.05) is 0 Å². The second kappa shape index (κ2) is 5.36. The number of aliphatic hydroxyl groups is 1. The molecule has 1 aliphatic carbocycles. The van der Waals surface area contributed by atoms with E-state index in [-0.39, 0.29) is 12.0 Å². The highest BCUT2D eigenvalue weighted by atomic mass is 16.5. The van der Waals surface area contributed by atoms with E-state index in [2.05, 4.69) is 15.1 Å². The number of ether oxygens (including phenoxy) is 1. The third kappa shape index (κ3) is 2.43. The molecule has 1 rings (SSSR count). The van der Waals surface area contributed by atoms with Gasteiger partial charge in [0.25, 0.3) is 0 Å². The van der Waals surface area contributed by atoms with Crippen LogP contribution in [0, 0.1) is 5.92 Å². The average Bonchev–Trinajstić information content (AvgIpc) is 2.28. The van der Waals surface area contributed by atoms with Gasteiger partial charge in [0.05, 0.1) is 25.2 Å². The molecular weight excluding hydrogens is 214 g/mol. The highest BCUT2D eigenvalue weighted by Gasteiger charge is 2.34. The maximum atomic E-state index is 11.3. The molecule has 0 aromatic heterocycles. The Hall–Kier alpha value is -1.76. The molecule has 0 heterocycles. The van der Waals surface area contributed by atoms with Gasteiger partial charge in [-0.3, -0.25) is 0 Å². The Labute approximate surface area is 92.0 Å². The Bertz CT molecular complexity index is 340. The number of carbonyl (C=O) groups is 2. The van der Waals surface area contributed by atoms with E-state index < -0.39 is 24.0 Å². The molecule has 0 saturated carbocycles. The van der Waals surface area contributed by atoms with E-state index in [0.717, 1.165) is 0 Å². The summed E-state index contributed by atoms with van der Waals surface area (Å²) in [6.07, 6.45) is 0.978. The molecule has 0 fully saturated rings. The van der Waals surface area contributed by atoms with Crippen LogP contribution in [0.15, 0.2) is 22.0 Å². The normalized spacial score (nSPS) is 29.9. The van der Waals surface area contributed by atoms with Gasteiger partial charge in [-0.15, -0.1) is 0 Å². The van der Waals surface area contributed by atoms with Crippen molar-refractivity contribution in [1.82, 2.24) is 0 Å². The summed E-state index contributed by atoms with van der Waals surface area (Å²) in [7, 11) is 1.24. The number of aliphatic hydroxyl groups excluding tert-OH is 1. The number of hydrogen-bond acceptors (Lipinski definition) is 6. The Morgan fingerprint density at radius 2 is 2.44 bits per heavy atom. The van der Waals surface area contributed by atoms with E-state index in [9.17, 15) is 14.7 Å². The maximum absolute atomic E-state index is 11.3. The highest BCUT2D eigenvalue weighted by molar-refractivity contribution is 5.89. The van der Waals surface area contributed by atoms with Crippen molar-refractivity contribution in [3.63, 3.8) is 0 Å². The molecule has 3 N–H and O–H groups in total. The van der Waals surface area contributed by atoms with Gasteiger partial charge >= 0.3 is 5.97 Å². The van der Waals surface area contributed by atoms with E-state index in [0.29, 0.717) is 6.29 Å². The fourth-order valence-corrected chi connectivity index (χ4v) is 1.63. The number of rotatable bonds is 3. The number of methoxy groups -OCH3 is 1. The molecular formula is C9H13N3O4. The van der Waals surface area contributed by atoms with Gasteiger partial charge in [-0.2, -0.15) is 5.11 Å². The summed E-state index contributed by atoms with van der Waals surface area (Å²) < 4.78 is 4.52. The molecule has 7 heteroatoms. The second-order valence-electron chi connectivity index (χ2n) is 3.39. The molecule has 0 aliphatic heterocycles. The van der Waals surface area contributed by atoms with Crippen LogP contribution in [0.2, 0.25) is 0 Å². The average molecular weight is 227 g/mol. The Kier molecular flexibility index (Phi) is 4.12. The largest absolute Gasteiger partial charge is 0.466 e. The lowest BCUT2D eigenvalue weighted by molar-refractivity contribution is -0.137. The van der Waals surface area contributed by atoms with Crippen LogP contribution in [-0.2, 0) is 14.3 Å². The van der Waals surface area contributed by atoms with Crippen LogP contribution in [0.4, 0.5) is 0 Å². The van der Waals surface area contributed by atoms with Gasteiger partial charge in [-0.1, -0.05) is 5.22 Å². The minimum absolute atomic E-state index is 0.174. The highest BCUT2D eigenvalue weighted by Crippen LogP contribution is 2.26. The molecule has 0 aromatic rings. The van der Waals surface area contributed by atoms with Crippen molar-refractivity contribution >= 4 is 12.3 Å². The minimum Gasteiger partial charge on any atom is -0.466 e. The lowest BCUT2D eigenvalue weighted by atomic mass is 9.84. The number of carbonyl (C=O) groups excluding carboxylic acids is 2. The Morgan fingerprint density at radius 3 is 2.94 bits per heavy atom. The molecule has 88 valence electrons. The second-order valence-corrected chi connectivity index (χ2v) is 3.39. The Balaban J connectivity index is 2.94. The molecule has 0 aromatic carbocycles. The number of aldehydes is 1. The van der Waals surface area contributed by atoms with Gasteiger partial charge in [0.1, 0.15) is 6.29 Å². The van der Waals surface area contributed by atoms with Crippen LogP contribution in [0.25, 0.3) is 0 Å². The first-order valence-electron chi connectivity index (χ1n) is 4.66. The molecule has 1 aliphatic rings. The maximum Gasteiger partial charge on any atom is 0.333 e. The fourth-order valence-electron chi connectivity index (χ4n) is 1.63. The standard InChI is InChI=1S/C9H13N3O4/c1-16-9(15)5-2-7(11-12-10)6(4-13)8(14)3-5/h3-4,6-8,14H,2H2,1H3,(H2,10,11). The number of nitrogens with two attached hydrogens (primary N) is 1. The molecule has 7 nitrogen and oxygen atoms in total. The summed E-state index contributed by atoms with van der Waals surface area (Å²) in [5.74, 6) is 3.61. The zero-order chi connectivity index (χ0) is 12.1. The van der Waals surface area contributed by atoms with Gasteiger partial charge < -0.3 is 20.5 Å². The van der Waals surface area contributed by atoms with E-state index in [1.165, 1.54) is 13.2 Å². The fraction of sp³-hybridized carbons (Fsp3) is 0.556. The molecule has 0 amide bonds. The van der Waals surface area contributed by atoms with Crippen molar-refractivity contribution in [3.8, 4) is 0 Å². The Morgan fingerprint density at radius 1 is 1.75 bits per heavy atom. The molecule has 0 bridgehead atoms. The third-order valence-electron chi connectivity index (χ3n) is 2.46. The smallest absolute Gasteiger partial charge is 0.333 e. The topological polar surface area (TPSA) is 114 Å². The van der Waals surface area contributed by atoms with Crippen molar-refractivity contribution in [2.75, 3.05) is 7.11 Å². The van der Waals surface area contributed by atoms with Crippen LogP contribution < -0.4 is 5.84 Å². The minimum atomic E-state index is -1.07.